The van der Waals surface area contributed by atoms with Crippen molar-refractivity contribution < 1.29 is 14.3 Å². The summed E-state index contributed by atoms with van der Waals surface area (Å²) in [6.45, 7) is 6.24. The number of aromatic nitrogens is 1. The van der Waals surface area contributed by atoms with Crippen molar-refractivity contribution in [1.29, 1.82) is 0 Å². The molecule has 1 heterocycles. The van der Waals surface area contributed by atoms with E-state index < -0.39 is 0 Å². The predicted molar refractivity (Wildman–Crippen MR) is 115 cm³/mol. The minimum atomic E-state index is -0.267. The van der Waals surface area contributed by atoms with Gasteiger partial charge in [-0.2, -0.15) is 0 Å². The van der Waals surface area contributed by atoms with Crippen molar-refractivity contribution in [3.63, 3.8) is 0 Å². The van der Waals surface area contributed by atoms with Crippen molar-refractivity contribution in [1.82, 2.24) is 10.3 Å². The molecule has 29 heavy (non-hydrogen) atoms. The zero-order chi connectivity index (χ0) is 20.8. The van der Waals surface area contributed by atoms with Crippen LogP contribution in [0.3, 0.4) is 0 Å². The number of nitrogens with one attached hydrogen (secondary N) is 2. The highest BCUT2D eigenvalue weighted by Crippen LogP contribution is 2.25. The van der Waals surface area contributed by atoms with Gasteiger partial charge in [-0.1, -0.05) is 29.8 Å². The van der Waals surface area contributed by atoms with E-state index in [2.05, 4.69) is 15.6 Å². The van der Waals surface area contributed by atoms with Gasteiger partial charge >= 0.3 is 0 Å². The van der Waals surface area contributed by atoms with Crippen LogP contribution in [0.5, 0.6) is 5.75 Å². The normalized spacial score (nSPS) is 11.6. The molecule has 2 aromatic carbocycles. The van der Waals surface area contributed by atoms with Crippen LogP contribution in [-0.2, 0) is 0 Å². The van der Waals surface area contributed by atoms with Gasteiger partial charge in [0.2, 0.25) is 0 Å². The Labute approximate surface area is 173 Å². The van der Waals surface area contributed by atoms with Crippen molar-refractivity contribution in [2.45, 2.75) is 26.8 Å². The van der Waals surface area contributed by atoms with Gasteiger partial charge < -0.3 is 15.4 Å². The van der Waals surface area contributed by atoms with Crippen LogP contribution in [0.1, 0.15) is 51.0 Å². The maximum Gasteiger partial charge on any atom is 0.267 e. The van der Waals surface area contributed by atoms with E-state index in [1.807, 2.05) is 45.0 Å². The largest absolute Gasteiger partial charge is 0.493 e. The predicted octanol–water partition coefficient (Wildman–Crippen LogP) is 4.59. The molecule has 6 nitrogen and oxygen atoms in total. The maximum atomic E-state index is 13.0. The molecule has 0 aliphatic rings. The molecule has 2 amide bonds. The molecule has 1 atom stereocenters. The number of thiazole rings is 1. The molecule has 0 spiro atoms. The van der Waals surface area contributed by atoms with Gasteiger partial charge in [0.05, 0.1) is 29.9 Å². The number of ether oxygens (including phenoxy) is 1. The first-order valence-corrected chi connectivity index (χ1v) is 10.2. The molecule has 0 bridgehead atoms. The second-order valence-electron chi connectivity index (χ2n) is 6.57. The van der Waals surface area contributed by atoms with Crippen molar-refractivity contribution >= 4 is 28.8 Å². The summed E-state index contributed by atoms with van der Waals surface area (Å²) in [5.41, 5.74) is 4.63. The Balaban J connectivity index is 1.81. The molecule has 0 saturated heterocycles. The third kappa shape index (κ3) is 5.20. The quantitative estimate of drug-likeness (QED) is 0.598. The summed E-state index contributed by atoms with van der Waals surface area (Å²) >= 11 is 1.25. The highest BCUT2D eigenvalue weighted by Gasteiger charge is 2.18. The highest BCUT2D eigenvalue weighted by molar-refractivity contribution is 7.11. The maximum absolute atomic E-state index is 13.0. The summed E-state index contributed by atoms with van der Waals surface area (Å²) in [7, 11) is 0. The number of benzene rings is 2. The molecule has 0 aliphatic carbocycles. The van der Waals surface area contributed by atoms with Gasteiger partial charge in [0, 0.05) is 5.69 Å². The molecule has 0 radical (unpaired) electrons. The van der Waals surface area contributed by atoms with E-state index in [-0.39, 0.29) is 17.9 Å². The number of hydrogen-bond donors (Lipinski definition) is 2. The van der Waals surface area contributed by atoms with E-state index in [9.17, 15) is 9.59 Å². The van der Waals surface area contributed by atoms with Gasteiger partial charge in [-0.05, 0) is 44.5 Å². The van der Waals surface area contributed by atoms with E-state index in [1.165, 1.54) is 17.5 Å². The Morgan fingerprint density at radius 2 is 2.00 bits per heavy atom. The molecular weight excluding hydrogens is 386 g/mol. The lowest BCUT2D eigenvalue weighted by Gasteiger charge is -2.17. The van der Waals surface area contributed by atoms with Gasteiger partial charge in [0.1, 0.15) is 10.6 Å². The SMILES string of the molecule is CCOc1ccc(NC(=O)c2cncs2)cc1C(=O)NC(C)c1cccc(C)c1. The van der Waals surface area contributed by atoms with Gasteiger partial charge in [-0.3, -0.25) is 14.6 Å². The van der Waals surface area contributed by atoms with Gasteiger partial charge in [0.25, 0.3) is 11.8 Å². The monoisotopic (exact) mass is 409 g/mol. The van der Waals surface area contributed by atoms with Gasteiger partial charge in [-0.15, -0.1) is 11.3 Å². The van der Waals surface area contributed by atoms with E-state index >= 15 is 0 Å². The summed E-state index contributed by atoms with van der Waals surface area (Å²) in [5, 5.41) is 5.80. The molecule has 0 fully saturated rings. The molecule has 150 valence electrons. The lowest BCUT2D eigenvalue weighted by molar-refractivity contribution is 0.0935. The minimum absolute atomic E-state index is 0.174. The smallest absolute Gasteiger partial charge is 0.267 e. The lowest BCUT2D eigenvalue weighted by Crippen LogP contribution is -2.27. The molecule has 2 N–H and O–H groups in total. The van der Waals surface area contributed by atoms with Crippen LogP contribution in [0, 0.1) is 6.92 Å². The molecule has 3 rings (SSSR count). The van der Waals surface area contributed by atoms with E-state index in [1.54, 1.807) is 23.7 Å². The summed E-state index contributed by atoms with van der Waals surface area (Å²) in [4.78, 5) is 29.7. The van der Waals surface area contributed by atoms with Crippen molar-refractivity contribution in [3.05, 3.63) is 75.7 Å². The van der Waals surface area contributed by atoms with Gasteiger partial charge in [0.15, 0.2) is 0 Å². The number of rotatable bonds is 7. The third-order valence-corrected chi connectivity index (χ3v) is 5.10. The first-order valence-electron chi connectivity index (χ1n) is 9.32. The zero-order valence-electron chi connectivity index (χ0n) is 16.6. The molecule has 0 aliphatic heterocycles. The molecule has 1 aromatic heterocycles. The standard InChI is InChI=1S/C22H23N3O3S/c1-4-28-19-9-8-17(25-22(27)20-12-23-13-29-20)11-18(19)21(26)24-15(3)16-7-5-6-14(2)10-16/h5-13,15H,4H2,1-3H3,(H,24,26)(H,25,27). The Bertz CT molecular complexity index is 1000. The molecule has 0 saturated carbocycles. The van der Waals surface area contributed by atoms with Gasteiger partial charge in [-0.25, -0.2) is 0 Å². The molecule has 7 heteroatoms. The van der Waals surface area contributed by atoms with Crippen LogP contribution < -0.4 is 15.4 Å². The topological polar surface area (TPSA) is 80.3 Å². The Kier molecular flexibility index (Phi) is 6.61. The number of hydrogen-bond acceptors (Lipinski definition) is 5. The van der Waals surface area contributed by atoms with Crippen LogP contribution in [0.15, 0.2) is 54.2 Å². The first kappa shape index (κ1) is 20.5. The van der Waals surface area contributed by atoms with E-state index in [0.717, 1.165) is 11.1 Å². The zero-order valence-corrected chi connectivity index (χ0v) is 17.4. The first-order chi connectivity index (χ1) is 14.0. The number of carbonyl (C=O) groups is 2. The van der Waals surface area contributed by atoms with Crippen LogP contribution >= 0.6 is 11.3 Å². The van der Waals surface area contributed by atoms with Crippen LogP contribution in [0.25, 0.3) is 0 Å². The fourth-order valence-corrected chi connectivity index (χ4v) is 3.40. The average Bonchev–Trinajstić information content (AvgIpc) is 3.24. The Morgan fingerprint density at radius 1 is 1.17 bits per heavy atom. The second kappa shape index (κ2) is 9.34. The fraction of sp³-hybridized carbons (Fsp3) is 0.227. The average molecular weight is 410 g/mol. The third-order valence-electron chi connectivity index (χ3n) is 4.33. The van der Waals surface area contributed by atoms with Crippen LogP contribution in [-0.4, -0.2) is 23.4 Å². The van der Waals surface area contributed by atoms with E-state index in [4.69, 9.17) is 4.74 Å². The minimum Gasteiger partial charge on any atom is -0.493 e. The van der Waals surface area contributed by atoms with E-state index in [0.29, 0.717) is 28.5 Å². The number of carbonyl (C=O) groups excluding carboxylic acids is 2. The van der Waals surface area contributed by atoms with Crippen molar-refractivity contribution in [3.8, 4) is 5.75 Å². The molecular formula is C22H23N3O3S. The summed E-state index contributed by atoms with van der Waals surface area (Å²) in [6.07, 6.45) is 1.51. The Morgan fingerprint density at radius 3 is 2.69 bits per heavy atom. The molecule has 3 aromatic rings. The summed E-state index contributed by atoms with van der Waals surface area (Å²) < 4.78 is 5.62. The van der Waals surface area contributed by atoms with Crippen LogP contribution in [0.4, 0.5) is 5.69 Å². The summed E-state index contributed by atoms with van der Waals surface area (Å²) in [5.74, 6) is -0.0651. The Hall–Kier alpha value is -3.19. The summed E-state index contributed by atoms with van der Waals surface area (Å²) in [6, 6.07) is 12.9. The fourth-order valence-electron chi connectivity index (χ4n) is 2.88. The lowest BCUT2D eigenvalue weighted by atomic mass is 10.0. The molecule has 1 unspecified atom stereocenters. The van der Waals surface area contributed by atoms with Crippen molar-refractivity contribution in [2.75, 3.05) is 11.9 Å². The van der Waals surface area contributed by atoms with Crippen LogP contribution in [0.2, 0.25) is 0 Å². The number of nitrogens with zero attached hydrogens (tertiary/aromatic N) is 1. The number of amides is 2. The van der Waals surface area contributed by atoms with Crippen molar-refractivity contribution in [2.24, 2.45) is 0 Å². The highest BCUT2D eigenvalue weighted by atomic mass is 32.1. The number of aryl methyl sites for hydroxylation is 1. The second-order valence-corrected chi connectivity index (χ2v) is 7.46. The number of anilines is 1.